The van der Waals surface area contributed by atoms with Crippen molar-refractivity contribution < 1.29 is 19.0 Å². The van der Waals surface area contributed by atoms with Gasteiger partial charge in [0.25, 0.3) is 5.91 Å². The minimum atomic E-state index is -0.108. The topological polar surface area (TPSA) is 56.8 Å². The lowest BCUT2D eigenvalue weighted by Gasteiger charge is -2.10. The number of methoxy groups -OCH3 is 2. The normalized spacial score (nSPS) is 10.2. The molecule has 0 unspecified atom stereocenters. The zero-order chi connectivity index (χ0) is 19.6. The van der Waals surface area contributed by atoms with Gasteiger partial charge in [0, 0.05) is 12.1 Å². The third-order valence-corrected chi connectivity index (χ3v) is 3.96. The van der Waals surface area contributed by atoms with Crippen molar-refractivity contribution in [3.05, 3.63) is 65.7 Å². The summed E-state index contributed by atoms with van der Waals surface area (Å²) in [6.45, 7) is 6.73. The van der Waals surface area contributed by atoms with Crippen molar-refractivity contribution in [2.45, 2.75) is 19.8 Å². The Bertz CT molecular complexity index is 786. The minimum Gasteiger partial charge on any atom is -0.493 e. The lowest BCUT2D eigenvalue weighted by atomic mass is 10.1. The highest BCUT2D eigenvalue weighted by Crippen LogP contribution is 2.27. The summed E-state index contributed by atoms with van der Waals surface area (Å²) in [6, 6.07) is 13.0. The van der Waals surface area contributed by atoms with Crippen LogP contribution in [-0.2, 0) is 6.42 Å². The van der Waals surface area contributed by atoms with Crippen molar-refractivity contribution in [3.63, 3.8) is 0 Å². The molecule has 0 saturated carbocycles. The monoisotopic (exact) mass is 369 g/mol. The Kier molecular flexibility index (Phi) is 7.74. The molecule has 2 aromatic rings. The summed E-state index contributed by atoms with van der Waals surface area (Å²) in [7, 11) is 3.24. The molecule has 1 N–H and O–H groups in total. The number of carbonyl (C=O) groups excluding carboxylic acids is 1. The number of benzene rings is 2. The molecule has 144 valence electrons. The van der Waals surface area contributed by atoms with Crippen LogP contribution in [0.15, 0.2) is 54.6 Å². The molecule has 0 fully saturated rings. The molecule has 2 rings (SSSR count). The number of amides is 1. The molecule has 0 bridgehead atoms. The molecular formula is C22H27NO4. The van der Waals surface area contributed by atoms with Gasteiger partial charge in [-0.05, 0) is 61.2 Å². The van der Waals surface area contributed by atoms with Crippen LogP contribution in [0.1, 0.15) is 29.3 Å². The molecule has 0 aliphatic heterocycles. The van der Waals surface area contributed by atoms with E-state index in [1.807, 2.05) is 37.3 Å². The van der Waals surface area contributed by atoms with Crippen LogP contribution in [-0.4, -0.2) is 33.3 Å². The van der Waals surface area contributed by atoms with Gasteiger partial charge in [0.05, 0.1) is 14.2 Å². The fraction of sp³-hybridized carbons (Fsp3) is 0.318. The molecule has 0 aromatic heterocycles. The van der Waals surface area contributed by atoms with Crippen molar-refractivity contribution in [1.29, 1.82) is 0 Å². The quantitative estimate of drug-likeness (QED) is 0.508. The van der Waals surface area contributed by atoms with E-state index in [1.54, 1.807) is 26.4 Å². The van der Waals surface area contributed by atoms with E-state index in [2.05, 4.69) is 11.9 Å². The van der Waals surface area contributed by atoms with Crippen LogP contribution in [0.25, 0.3) is 0 Å². The zero-order valence-electron chi connectivity index (χ0n) is 16.2. The maximum absolute atomic E-state index is 12.3. The Balaban J connectivity index is 1.82. The van der Waals surface area contributed by atoms with Crippen LogP contribution >= 0.6 is 0 Å². The van der Waals surface area contributed by atoms with Crippen molar-refractivity contribution in [3.8, 4) is 17.2 Å². The van der Waals surface area contributed by atoms with Gasteiger partial charge in [-0.25, -0.2) is 0 Å². The van der Waals surface area contributed by atoms with Crippen molar-refractivity contribution in [1.82, 2.24) is 5.32 Å². The van der Waals surface area contributed by atoms with Crippen LogP contribution in [0.5, 0.6) is 17.2 Å². The molecule has 5 heteroatoms. The second-order valence-electron chi connectivity index (χ2n) is 6.32. The fourth-order valence-corrected chi connectivity index (χ4v) is 2.57. The number of hydrogen-bond acceptors (Lipinski definition) is 4. The first-order valence-corrected chi connectivity index (χ1v) is 8.90. The van der Waals surface area contributed by atoms with Gasteiger partial charge in [0.1, 0.15) is 12.4 Å². The summed E-state index contributed by atoms with van der Waals surface area (Å²) in [6.07, 6.45) is 1.66. The second-order valence-corrected chi connectivity index (χ2v) is 6.32. The molecule has 0 spiro atoms. The lowest BCUT2D eigenvalue weighted by molar-refractivity contribution is 0.0953. The van der Waals surface area contributed by atoms with E-state index in [1.165, 1.54) is 0 Å². The maximum atomic E-state index is 12.3. The summed E-state index contributed by atoms with van der Waals surface area (Å²) in [5.74, 6) is 1.98. The highest BCUT2D eigenvalue weighted by atomic mass is 16.5. The summed E-state index contributed by atoms with van der Waals surface area (Å²) >= 11 is 0. The Hall–Kier alpha value is -2.95. The first kappa shape index (κ1) is 20.4. The minimum absolute atomic E-state index is 0.108. The molecule has 0 radical (unpaired) electrons. The van der Waals surface area contributed by atoms with E-state index in [-0.39, 0.29) is 5.91 Å². The van der Waals surface area contributed by atoms with E-state index >= 15 is 0 Å². The van der Waals surface area contributed by atoms with E-state index in [0.29, 0.717) is 36.0 Å². The Morgan fingerprint density at radius 2 is 1.85 bits per heavy atom. The van der Waals surface area contributed by atoms with Crippen molar-refractivity contribution >= 4 is 5.91 Å². The number of nitrogens with one attached hydrogen (secondary N) is 1. The first-order chi connectivity index (χ1) is 13.0. The second kappa shape index (κ2) is 10.3. The first-order valence-electron chi connectivity index (χ1n) is 8.90. The van der Waals surface area contributed by atoms with Gasteiger partial charge in [0.2, 0.25) is 0 Å². The van der Waals surface area contributed by atoms with E-state index in [4.69, 9.17) is 14.2 Å². The molecule has 0 aliphatic rings. The molecule has 2 aromatic carbocycles. The number of hydrogen-bond donors (Lipinski definition) is 1. The van der Waals surface area contributed by atoms with Gasteiger partial charge in [-0.1, -0.05) is 18.7 Å². The molecule has 27 heavy (non-hydrogen) atoms. The molecule has 0 heterocycles. The molecule has 1 amide bonds. The van der Waals surface area contributed by atoms with E-state index in [0.717, 1.165) is 24.0 Å². The van der Waals surface area contributed by atoms with Crippen LogP contribution in [0.4, 0.5) is 0 Å². The van der Waals surface area contributed by atoms with Gasteiger partial charge >= 0.3 is 0 Å². The number of aryl methyl sites for hydroxylation is 1. The van der Waals surface area contributed by atoms with Gasteiger partial charge < -0.3 is 19.5 Å². The smallest absolute Gasteiger partial charge is 0.251 e. The average molecular weight is 369 g/mol. The summed E-state index contributed by atoms with van der Waals surface area (Å²) < 4.78 is 16.1. The van der Waals surface area contributed by atoms with Crippen molar-refractivity contribution in [2.24, 2.45) is 0 Å². The highest BCUT2D eigenvalue weighted by molar-refractivity contribution is 5.94. The maximum Gasteiger partial charge on any atom is 0.251 e. The Morgan fingerprint density at radius 1 is 1.07 bits per heavy atom. The predicted molar refractivity (Wildman–Crippen MR) is 107 cm³/mol. The van der Waals surface area contributed by atoms with Gasteiger partial charge in [0.15, 0.2) is 11.5 Å². The SMILES string of the molecule is C=C(C)COc1cccc(C(=O)NCCCc2ccc(OC)c(OC)c2)c1. The Labute approximate surface area is 161 Å². The van der Waals surface area contributed by atoms with Gasteiger partial charge in [-0.3, -0.25) is 4.79 Å². The number of ether oxygens (including phenoxy) is 3. The fourth-order valence-electron chi connectivity index (χ4n) is 2.57. The number of carbonyl (C=O) groups is 1. The largest absolute Gasteiger partial charge is 0.493 e. The van der Waals surface area contributed by atoms with Crippen LogP contribution < -0.4 is 19.5 Å². The van der Waals surface area contributed by atoms with Crippen LogP contribution in [0.2, 0.25) is 0 Å². The molecule has 0 aliphatic carbocycles. The van der Waals surface area contributed by atoms with Crippen molar-refractivity contribution in [2.75, 3.05) is 27.4 Å². The van der Waals surface area contributed by atoms with Crippen LogP contribution in [0.3, 0.4) is 0 Å². The van der Waals surface area contributed by atoms with Crippen LogP contribution in [0, 0.1) is 0 Å². The molecular weight excluding hydrogens is 342 g/mol. The molecule has 5 nitrogen and oxygen atoms in total. The predicted octanol–water partition coefficient (Wildman–Crippen LogP) is 4.02. The third-order valence-electron chi connectivity index (χ3n) is 3.96. The lowest BCUT2D eigenvalue weighted by Crippen LogP contribution is -2.24. The third kappa shape index (κ3) is 6.37. The summed E-state index contributed by atoms with van der Waals surface area (Å²) in [5, 5.41) is 2.94. The Morgan fingerprint density at radius 3 is 2.56 bits per heavy atom. The number of rotatable bonds is 10. The average Bonchev–Trinajstić information content (AvgIpc) is 2.69. The van der Waals surface area contributed by atoms with E-state index in [9.17, 15) is 4.79 Å². The van der Waals surface area contributed by atoms with E-state index < -0.39 is 0 Å². The molecule has 0 saturated heterocycles. The standard InChI is InChI=1S/C22H27NO4/c1-16(2)15-27-19-9-5-8-18(14-19)22(24)23-12-6-7-17-10-11-20(25-3)21(13-17)26-4/h5,8-11,13-14H,1,6-7,12,15H2,2-4H3,(H,23,24). The molecule has 0 atom stereocenters. The van der Waals surface area contributed by atoms with Gasteiger partial charge in [-0.2, -0.15) is 0 Å². The highest BCUT2D eigenvalue weighted by Gasteiger charge is 2.07. The summed E-state index contributed by atoms with van der Waals surface area (Å²) in [4.78, 5) is 12.3. The van der Waals surface area contributed by atoms with Gasteiger partial charge in [-0.15, -0.1) is 0 Å². The zero-order valence-corrected chi connectivity index (χ0v) is 16.2. The summed E-state index contributed by atoms with van der Waals surface area (Å²) in [5.41, 5.74) is 2.65.